The highest BCUT2D eigenvalue weighted by atomic mass is 32.2. The fourth-order valence-corrected chi connectivity index (χ4v) is 3.57. The summed E-state index contributed by atoms with van der Waals surface area (Å²) in [5, 5.41) is 4.25. The van der Waals surface area contributed by atoms with Crippen LogP contribution in [0.3, 0.4) is 0 Å². The number of halogens is 2. The molecule has 0 aliphatic heterocycles. The van der Waals surface area contributed by atoms with Crippen LogP contribution in [0, 0.1) is 0 Å². The number of hydrogen-bond acceptors (Lipinski definition) is 4. The largest absolute Gasteiger partial charge is 0.464 e. The Labute approximate surface area is 121 Å². The highest BCUT2D eigenvalue weighted by molar-refractivity contribution is 7.99. The van der Waals surface area contributed by atoms with Crippen LogP contribution in [0.25, 0.3) is 0 Å². The van der Waals surface area contributed by atoms with Crippen molar-refractivity contribution in [2.75, 3.05) is 6.26 Å². The maximum absolute atomic E-state index is 12.1. The van der Waals surface area contributed by atoms with Gasteiger partial charge in [-0.05, 0) is 37.7 Å². The number of alkyl halides is 2. The second-order valence-electron chi connectivity index (χ2n) is 4.69. The first kappa shape index (κ1) is 15.2. The predicted molar refractivity (Wildman–Crippen MR) is 77.8 cm³/mol. The Morgan fingerprint density at radius 2 is 2.16 bits per heavy atom. The maximum Gasteiger partial charge on any atom is 0.284 e. The van der Waals surface area contributed by atoms with Gasteiger partial charge in [0.15, 0.2) is 0 Å². The monoisotopic (exact) mass is 307 g/mol. The standard InChI is InChI=1S/C13H19F2NOS2/c1-18-12-5-2-9(6-12)16-7-10-3-4-11(17-10)8-19-13(14)15/h3-4,9,12-13,16H,2,5-8H2,1H3. The summed E-state index contributed by atoms with van der Waals surface area (Å²) in [4.78, 5) is 0. The Bertz CT molecular complexity index is 386. The first-order valence-corrected chi connectivity index (χ1v) is 8.74. The van der Waals surface area contributed by atoms with Crippen molar-refractivity contribution in [1.29, 1.82) is 0 Å². The van der Waals surface area contributed by atoms with Gasteiger partial charge in [0.25, 0.3) is 5.76 Å². The van der Waals surface area contributed by atoms with Crippen LogP contribution in [-0.2, 0) is 12.3 Å². The molecule has 0 bridgehead atoms. The number of nitrogens with one attached hydrogen (secondary N) is 1. The summed E-state index contributed by atoms with van der Waals surface area (Å²) in [7, 11) is 0. The summed E-state index contributed by atoms with van der Waals surface area (Å²) >= 11 is 2.53. The van der Waals surface area contributed by atoms with E-state index < -0.39 is 5.76 Å². The molecule has 1 aromatic heterocycles. The smallest absolute Gasteiger partial charge is 0.284 e. The van der Waals surface area contributed by atoms with Gasteiger partial charge in [0.2, 0.25) is 0 Å². The number of furan rings is 1. The van der Waals surface area contributed by atoms with E-state index in [0.29, 0.717) is 30.1 Å². The minimum Gasteiger partial charge on any atom is -0.464 e. The highest BCUT2D eigenvalue weighted by Crippen LogP contribution is 2.28. The van der Waals surface area contributed by atoms with Crippen LogP contribution in [0.15, 0.2) is 16.5 Å². The summed E-state index contributed by atoms with van der Waals surface area (Å²) in [5.41, 5.74) is 0. The number of thioether (sulfide) groups is 2. The lowest BCUT2D eigenvalue weighted by Gasteiger charge is -2.11. The van der Waals surface area contributed by atoms with Crippen molar-refractivity contribution < 1.29 is 13.2 Å². The lowest BCUT2D eigenvalue weighted by molar-refractivity contribution is 0.251. The minimum absolute atomic E-state index is 0.232. The second-order valence-corrected chi connectivity index (χ2v) is 6.80. The maximum atomic E-state index is 12.1. The zero-order valence-corrected chi connectivity index (χ0v) is 12.5. The molecular weight excluding hydrogens is 288 g/mol. The highest BCUT2D eigenvalue weighted by Gasteiger charge is 2.23. The van der Waals surface area contributed by atoms with Crippen LogP contribution < -0.4 is 5.32 Å². The van der Waals surface area contributed by atoms with Gasteiger partial charge >= 0.3 is 0 Å². The van der Waals surface area contributed by atoms with Gasteiger partial charge < -0.3 is 9.73 Å². The van der Waals surface area contributed by atoms with E-state index in [1.165, 1.54) is 19.3 Å². The molecule has 0 saturated heterocycles. The Balaban J connectivity index is 1.71. The van der Waals surface area contributed by atoms with Gasteiger partial charge in [-0.1, -0.05) is 11.8 Å². The molecular formula is C13H19F2NOS2. The Morgan fingerprint density at radius 3 is 2.84 bits per heavy atom. The molecule has 1 fully saturated rings. The van der Waals surface area contributed by atoms with E-state index in [0.717, 1.165) is 11.0 Å². The molecule has 1 N–H and O–H groups in total. The number of hydrogen-bond donors (Lipinski definition) is 1. The lowest BCUT2D eigenvalue weighted by Crippen LogP contribution is -2.25. The first-order chi connectivity index (χ1) is 9.17. The molecule has 1 aliphatic carbocycles. The average Bonchev–Trinajstić information content (AvgIpc) is 3.03. The molecule has 0 radical (unpaired) electrons. The molecule has 2 unspecified atom stereocenters. The molecule has 2 rings (SSSR count). The third-order valence-corrected chi connectivity index (χ3v) is 5.15. The van der Waals surface area contributed by atoms with Crippen molar-refractivity contribution in [3.05, 3.63) is 23.7 Å². The van der Waals surface area contributed by atoms with Crippen molar-refractivity contribution in [3.63, 3.8) is 0 Å². The van der Waals surface area contributed by atoms with E-state index >= 15 is 0 Å². The molecule has 1 aromatic rings. The van der Waals surface area contributed by atoms with E-state index in [4.69, 9.17) is 4.42 Å². The van der Waals surface area contributed by atoms with Crippen LogP contribution in [-0.4, -0.2) is 23.3 Å². The molecule has 0 amide bonds. The van der Waals surface area contributed by atoms with Gasteiger partial charge in [-0.3, -0.25) is 0 Å². The van der Waals surface area contributed by atoms with Gasteiger partial charge in [-0.2, -0.15) is 20.5 Å². The van der Waals surface area contributed by atoms with E-state index in [1.54, 1.807) is 6.07 Å². The SMILES string of the molecule is CSC1CCC(NCc2ccc(CSC(F)F)o2)C1. The zero-order chi connectivity index (χ0) is 13.7. The van der Waals surface area contributed by atoms with Crippen molar-refractivity contribution in [1.82, 2.24) is 5.32 Å². The summed E-state index contributed by atoms with van der Waals surface area (Å²) in [5.74, 6) is -0.656. The fraction of sp³-hybridized carbons (Fsp3) is 0.692. The van der Waals surface area contributed by atoms with E-state index in [2.05, 4.69) is 11.6 Å². The third kappa shape index (κ3) is 5.00. The molecule has 0 spiro atoms. The minimum atomic E-state index is -2.34. The van der Waals surface area contributed by atoms with Crippen LogP contribution in [0.5, 0.6) is 0 Å². The van der Waals surface area contributed by atoms with Crippen molar-refractivity contribution >= 4 is 23.5 Å². The van der Waals surface area contributed by atoms with Crippen molar-refractivity contribution in [2.24, 2.45) is 0 Å². The van der Waals surface area contributed by atoms with Crippen LogP contribution in [0.2, 0.25) is 0 Å². The van der Waals surface area contributed by atoms with E-state index in [9.17, 15) is 8.78 Å². The van der Waals surface area contributed by atoms with Gasteiger partial charge in [-0.25, -0.2) is 0 Å². The van der Waals surface area contributed by atoms with E-state index in [1.807, 2.05) is 17.8 Å². The van der Waals surface area contributed by atoms with E-state index in [-0.39, 0.29) is 5.75 Å². The summed E-state index contributed by atoms with van der Waals surface area (Å²) in [6.45, 7) is 0.686. The number of rotatable bonds is 7. The quantitative estimate of drug-likeness (QED) is 0.819. The summed E-state index contributed by atoms with van der Waals surface area (Å²) in [6, 6.07) is 4.21. The first-order valence-electron chi connectivity index (χ1n) is 6.41. The Morgan fingerprint density at radius 1 is 1.37 bits per heavy atom. The summed E-state index contributed by atoms with van der Waals surface area (Å²) < 4.78 is 29.6. The van der Waals surface area contributed by atoms with Gasteiger partial charge in [-0.15, -0.1) is 0 Å². The van der Waals surface area contributed by atoms with Crippen molar-refractivity contribution in [3.8, 4) is 0 Å². The molecule has 1 saturated carbocycles. The molecule has 6 heteroatoms. The molecule has 108 valence electrons. The van der Waals surface area contributed by atoms with Gasteiger partial charge in [0, 0.05) is 11.3 Å². The van der Waals surface area contributed by atoms with Crippen LogP contribution >= 0.6 is 23.5 Å². The molecule has 0 aromatic carbocycles. The fourth-order valence-electron chi connectivity index (χ4n) is 2.32. The summed E-state index contributed by atoms with van der Waals surface area (Å²) in [6.07, 6.45) is 5.84. The molecule has 2 atom stereocenters. The zero-order valence-electron chi connectivity index (χ0n) is 10.9. The molecule has 2 nitrogen and oxygen atoms in total. The molecule has 19 heavy (non-hydrogen) atoms. The normalized spacial score (nSPS) is 23.4. The van der Waals surface area contributed by atoms with Gasteiger partial charge in [0.1, 0.15) is 11.5 Å². The molecule has 1 aliphatic rings. The van der Waals surface area contributed by atoms with Crippen LogP contribution in [0.4, 0.5) is 8.78 Å². The predicted octanol–water partition coefficient (Wildman–Crippen LogP) is 4.11. The molecule has 1 heterocycles. The lowest BCUT2D eigenvalue weighted by atomic mass is 10.2. The second kappa shape index (κ2) is 7.55. The van der Waals surface area contributed by atoms with Crippen molar-refractivity contribution in [2.45, 2.75) is 48.6 Å². The third-order valence-electron chi connectivity index (χ3n) is 3.35. The van der Waals surface area contributed by atoms with Crippen LogP contribution in [0.1, 0.15) is 30.8 Å². The van der Waals surface area contributed by atoms with Gasteiger partial charge in [0.05, 0.1) is 12.3 Å². The average molecular weight is 307 g/mol. The Hall–Kier alpha value is -0.200. The Kier molecular flexibility index (Phi) is 6.04. The topological polar surface area (TPSA) is 25.2 Å².